The molecule has 0 saturated carbocycles. The molecule has 0 atom stereocenters. The summed E-state index contributed by atoms with van der Waals surface area (Å²) < 4.78 is 0. The number of hydrogen-bond acceptors (Lipinski definition) is 3. The second-order valence-corrected chi connectivity index (χ2v) is 25.5. The topological polar surface area (TPSA) is 38.7 Å². The van der Waals surface area contributed by atoms with Gasteiger partial charge in [-0.3, -0.25) is 0 Å². The van der Waals surface area contributed by atoms with Crippen LogP contribution in [0.2, 0.25) is 19.6 Å². The first-order chi connectivity index (χ1) is 33.1. The van der Waals surface area contributed by atoms with Crippen molar-refractivity contribution in [3.05, 3.63) is 240 Å². The molecule has 4 heteroatoms. The summed E-state index contributed by atoms with van der Waals surface area (Å²) in [6, 6.07) is 76.3. The minimum Gasteiger partial charge on any atom is -0.208 e. The first-order valence-electron chi connectivity index (χ1n) is 23.8. The fourth-order valence-corrected chi connectivity index (χ4v) is 12.9. The molecule has 0 unspecified atom stereocenters. The molecule has 9 aromatic carbocycles. The molecule has 0 saturated heterocycles. The quantitative estimate of drug-likeness (QED) is 0.156. The van der Waals surface area contributed by atoms with Crippen molar-refractivity contribution in [3.8, 4) is 89.8 Å². The molecule has 13 rings (SSSR count). The lowest BCUT2D eigenvalue weighted by Gasteiger charge is -2.31. The second kappa shape index (κ2) is 14.9. The van der Waals surface area contributed by atoms with E-state index in [4.69, 9.17) is 15.0 Å². The van der Waals surface area contributed by atoms with E-state index in [2.05, 4.69) is 222 Å². The Bertz CT molecular complexity index is 3650. The summed E-state index contributed by atoms with van der Waals surface area (Å²) in [4.78, 5) is 15.6. The fraction of sp³-hybridized carbons (Fsp3) is 0.109. The van der Waals surface area contributed by atoms with Crippen molar-refractivity contribution in [3.63, 3.8) is 0 Å². The summed E-state index contributed by atoms with van der Waals surface area (Å²) in [5.41, 5.74) is 22.7. The predicted molar refractivity (Wildman–Crippen MR) is 284 cm³/mol. The van der Waals surface area contributed by atoms with E-state index in [1.807, 2.05) is 18.2 Å². The molecule has 324 valence electrons. The first kappa shape index (κ1) is 40.5. The molecule has 0 radical (unpaired) electrons. The van der Waals surface area contributed by atoms with E-state index < -0.39 is 13.5 Å². The van der Waals surface area contributed by atoms with Crippen LogP contribution in [0.1, 0.15) is 47.2 Å². The normalized spacial score (nSPS) is 14.2. The number of aromatic nitrogens is 3. The van der Waals surface area contributed by atoms with Crippen LogP contribution in [0.5, 0.6) is 0 Å². The van der Waals surface area contributed by atoms with E-state index >= 15 is 0 Å². The molecule has 0 amide bonds. The molecule has 1 aromatic heterocycles. The van der Waals surface area contributed by atoms with Gasteiger partial charge >= 0.3 is 0 Å². The largest absolute Gasteiger partial charge is 0.208 e. The third kappa shape index (κ3) is 6.00. The van der Waals surface area contributed by atoms with Crippen molar-refractivity contribution in [1.82, 2.24) is 15.0 Å². The molecule has 10 aromatic rings. The molecule has 3 nitrogen and oxygen atoms in total. The summed E-state index contributed by atoms with van der Waals surface area (Å²) in [7, 11) is -1.44. The highest BCUT2D eigenvalue weighted by Crippen LogP contribution is 2.63. The third-order valence-electron chi connectivity index (χ3n) is 15.1. The Morgan fingerprint density at radius 2 is 0.676 bits per heavy atom. The van der Waals surface area contributed by atoms with Gasteiger partial charge in [-0.05, 0) is 113 Å². The van der Waals surface area contributed by atoms with Gasteiger partial charge in [0.1, 0.15) is 0 Å². The lowest BCUT2D eigenvalue weighted by molar-refractivity contribution is 0.660. The van der Waals surface area contributed by atoms with Gasteiger partial charge in [-0.25, -0.2) is 15.0 Å². The Morgan fingerprint density at radius 1 is 0.294 bits per heavy atom. The molecule has 1 heterocycles. The summed E-state index contributed by atoms with van der Waals surface area (Å²) in [5, 5.41) is 1.48. The van der Waals surface area contributed by atoms with Gasteiger partial charge in [-0.15, -0.1) is 0 Å². The SMILES string of the molecule is CC1(C)c2ccccc2-c2ccc(-c3nc(-c4ccccc4)nc(-c4cccc(-c5ccc6c(c5)C5(c7ccccc7-c7ccccc75)c5cc(-c7ccc([Si](C)(C)C)cc7)ccc5-6)c4)n3)cc21. The van der Waals surface area contributed by atoms with Crippen LogP contribution in [0.3, 0.4) is 0 Å². The maximum atomic E-state index is 5.28. The number of fused-ring (bicyclic) bond motifs is 13. The van der Waals surface area contributed by atoms with Gasteiger partial charge in [0, 0.05) is 22.1 Å². The van der Waals surface area contributed by atoms with Crippen LogP contribution >= 0.6 is 0 Å². The van der Waals surface area contributed by atoms with Gasteiger partial charge in [0.05, 0.1) is 13.5 Å². The minimum absolute atomic E-state index is 0.144. The monoisotopic (exact) mass is 887 g/mol. The molecule has 0 aliphatic heterocycles. The van der Waals surface area contributed by atoms with E-state index in [1.165, 1.54) is 83.1 Å². The molecule has 1 spiro atoms. The van der Waals surface area contributed by atoms with Crippen LogP contribution in [0.15, 0.2) is 206 Å². The van der Waals surface area contributed by atoms with E-state index in [0.717, 1.165) is 27.8 Å². The Hall–Kier alpha value is -7.79. The van der Waals surface area contributed by atoms with E-state index in [0.29, 0.717) is 17.5 Å². The average Bonchev–Trinajstić information content (AvgIpc) is 3.94. The van der Waals surface area contributed by atoms with Crippen molar-refractivity contribution >= 4 is 13.3 Å². The zero-order valence-electron chi connectivity index (χ0n) is 39.0. The number of benzene rings is 9. The van der Waals surface area contributed by atoms with Gasteiger partial charge in [-0.2, -0.15) is 0 Å². The lowest BCUT2D eigenvalue weighted by atomic mass is 9.70. The summed E-state index contributed by atoms with van der Waals surface area (Å²) in [6.45, 7) is 11.9. The van der Waals surface area contributed by atoms with Gasteiger partial charge in [-0.1, -0.05) is 221 Å². The van der Waals surface area contributed by atoms with Crippen molar-refractivity contribution < 1.29 is 0 Å². The van der Waals surface area contributed by atoms with E-state index in [9.17, 15) is 0 Å². The van der Waals surface area contributed by atoms with Gasteiger partial charge in [0.2, 0.25) is 0 Å². The molecule has 68 heavy (non-hydrogen) atoms. The Morgan fingerprint density at radius 3 is 1.26 bits per heavy atom. The smallest absolute Gasteiger partial charge is 0.164 e. The van der Waals surface area contributed by atoms with Crippen LogP contribution in [0.4, 0.5) is 0 Å². The van der Waals surface area contributed by atoms with Gasteiger partial charge in [0.25, 0.3) is 0 Å². The number of nitrogens with zero attached hydrogens (tertiary/aromatic N) is 3. The van der Waals surface area contributed by atoms with Crippen molar-refractivity contribution in [2.24, 2.45) is 0 Å². The number of hydrogen-bond donors (Lipinski definition) is 0. The highest BCUT2D eigenvalue weighted by molar-refractivity contribution is 6.88. The predicted octanol–water partition coefficient (Wildman–Crippen LogP) is 15.4. The molecule has 3 aliphatic rings. The van der Waals surface area contributed by atoms with Crippen LogP contribution in [-0.2, 0) is 10.8 Å². The highest BCUT2D eigenvalue weighted by atomic mass is 28.3. The summed E-state index contributed by atoms with van der Waals surface area (Å²) >= 11 is 0. The highest BCUT2D eigenvalue weighted by Gasteiger charge is 2.51. The number of rotatable bonds is 6. The molecule has 0 bridgehead atoms. The molecular formula is C64H49N3Si. The molecule has 0 N–H and O–H groups in total. The lowest BCUT2D eigenvalue weighted by Crippen LogP contribution is -2.37. The van der Waals surface area contributed by atoms with Crippen molar-refractivity contribution in [2.45, 2.75) is 44.3 Å². The van der Waals surface area contributed by atoms with Crippen LogP contribution in [0.25, 0.3) is 89.8 Å². The molecule has 0 fully saturated rings. The zero-order chi connectivity index (χ0) is 45.9. The van der Waals surface area contributed by atoms with Crippen LogP contribution < -0.4 is 5.19 Å². The zero-order valence-corrected chi connectivity index (χ0v) is 40.0. The maximum absolute atomic E-state index is 5.28. The van der Waals surface area contributed by atoms with E-state index in [-0.39, 0.29) is 5.41 Å². The van der Waals surface area contributed by atoms with Crippen molar-refractivity contribution in [1.29, 1.82) is 0 Å². The second-order valence-electron chi connectivity index (χ2n) is 20.4. The maximum Gasteiger partial charge on any atom is 0.164 e. The summed E-state index contributed by atoms with van der Waals surface area (Å²) in [6.07, 6.45) is 0. The molecular weight excluding hydrogens is 839 g/mol. The van der Waals surface area contributed by atoms with E-state index in [1.54, 1.807) is 0 Å². The van der Waals surface area contributed by atoms with Gasteiger partial charge < -0.3 is 0 Å². The first-order valence-corrected chi connectivity index (χ1v) is 27.3. The van der Waals surface area contributed by atoms with Crippen molar-refractivity contribution in [2.75, 3.05) is 0 Å². The third-order valence-corrected chi connectivity index (χ3v) is 17.2. The van der Waals surface area contributed by atoms with Gasteiger partial charge in [0.15, 0.2) is 17.5 Å². The molecule has 3 aliphatic carbocycles. The average molecular weight is 888 g/mol. The summed E-state index contributed by atoms with van der Waals surface area (Å²) in [5.74, 6) is 1.96. The van der Waals surface area contributed by atoms with Crippen LogP contribution in [-0.4, -0.2) is 23.0 Å². The minimum atomic E-state index is -1.44. The standard InChI is InChI=1S/C64H49N3Si/c1-63(2)54-23-12-9-20-48(54)51-35-30-46(39-57(51)63)62-66-60(41-16-7-6-8-17-41)65-61(67-62)45-19-15-18-42(36-45)44-29-34-53-52-33-28-43(40-26-31-47(32-27-40)68(3,4)5)37-58(52)64(59(53)38-44)55-24-13-10-21-49(55)50-22-11-14-25-56(50)64/h6-39H,1-5H3. The Kier molecular flexibility index (Phi) is 8.84. The Balaban J connectivity index is 0.954. The van der Waals surface area contributed by atoms with Crippen LogP contribution in [0, 0.1) is 0 Å². The Labute approximate surface area is 400 Å². The fourth-order valence-electron chi connectivity index (χ4n) is 11.7.